The number of nitrogens with one attached hydrogen (secondary N) is 2. The Kier molecular flexibility index (Phi) is 8.50. The molecule has 2 N–H and O–H groups in total. The van der Waals surface area contributed by atoms with Crippen molar-refractivity contribution in [1.82, 2.24) is 30.0 Å². The lowest BCUT2D eigenvalue weighted by Crippen LogP contribution is -2.20. The maximum Gasteiger partial charge on any atom is 0.246 e. The first-order valence-corrected chi connectivity index (χ1v) is 10.0. The van der Waals surface area contributed by atoms with Crippen molar-refractivity contribution in [2.45, 2.75) is 25.9 Å². The number of hydrogen-bond donors (Lipinski definition) is 2. The number of anilines is 2. The maximum absolute atomic E-state index is 12.2. The summed E-state index contributed by atoms with van der Waals surface area (Å²) in [6.45, 7) is 0.470. The summed E-state index contributed by atoms with van der Waals surface area (Å²) in [5.41, 5.74) is 18.9. The highest BCUT2D eigenvalue weighted by atomic mass is 16.2. The minimum Gasteiger partial charge on any atom is -0.324 e. The van der Waals surface area contributed by atoms with Crippen molar-refractivity contribution in [1.29, 1.82) is 0 Å². The Morgan fingerprint density at radius 3 is 1.59 bits per heavy atom. The Balaban J connectivity index is 1.44. The van der Waals surface area contributed by atoms with Gasteiger partial charge in [0, 0.05) is 46.7 Å². The van der Waals surface area contributed by atoms with E-state index < -0.39 is 0 Å². The van der Waals surface area contributed by atoms with Crippen molar-refractivity contribution in [2.75, 3.05) is 23.7 Å². The van der Waals surface area contributed by atoms with E-state index in [4.69, 9.17) is 11.1 Å². The Hall–Kier alpha value is -4.94. The van der Waals surface area contributed by atoms with Gasteiger partial charge in [0.2, 0.25) is 11.8 Å². The number of amides is 2. The van der Waals surface area contributed by atoms with E-state index in [-0.39, 0.29) is 38.0 Å². The Morgan fingerprint density at radius 1 is 0.794 bits per heavy atom. The highest BCUT2D eigenvalue weighted by Crippen LogP contribution is 2.14. The van der Waals surface area contributed by atoms with Crippen LogP contribution >= 0.6 is 0 Å². The molecule has 3 aromatic rings. The summed E-state index contributed by atoms with van der Waals surface area (Å²) in [5.74, 6) is -0.601. The van der Waals surface area contributed by atoms with Crippen LogP contribution in [0.1, 0.15) is 11.4 Å². The number of hydrogen-bond acceptors (Lipinski definition) is 8. The average molecular weight is 464 g/mol. The first-order chi connectivity index (χ1) is 16.6. The molecule has 0 aliphatic rings. The first-order valence-electron chi connectivity index (χ1n) is 10.0. The van der Waals surface area contributed by atoms with Crippen molar-refractivity contribution in [3.8, 4) is 0 Å². The van der Waals surface area contributed by atoms with Crippen LogP contribution in [0.15, 0.2) is 46.9 Å². The van der Waals surface area contributed by atoms with Gasteiger partial charge < -0.3 is 10.6 Å². The minimum absolute atomic E-state index is 0.0320. The molecule has 16 nitrogen and oxygen atoms in total. The third-order valence-corrected chi connectivity index (χ3v) is 4.30. The lowest BCUT2D eigenvalue weighted by Gasteiger charge is -2.08. The average Bonchev–Trinajstić information content (AvgIpc) is 3.44. The molecule has 0 saturated carbocycles. The van der Waals surface area contributed by atoms with Crippen LogP contribution < -0.4 is 10.6 Å². The fourth-order valence-electron chi connectivity index (χ4n) is 2.81. The SMILES string of the molecule is [N-]=[N+]=NCCc1cn(CC(=O)Nc2ccc(NC(=O)Cn3cc(CCN=[N+]=[N-])nn3)cc2)nn1. The van der Waals surface area contributed by atoms with Crippen molar-refractivity contribution < 1.29 is 9.59 Å². The zero-order valence-electron chi connectivity index (χ0n) is 17.9. The Bertz CT molecular complexity index is 1120. The quantitative estimate of drug-likeness (QED) is 0.231. The van der Waals surface area contributed by atoms with E-state index in [1.54, 1.807) is 36.7 Å². The molecule has 0 atom stereocenters. The molecule has 0 fully saturated rings. The number of carbonyl (C=O) groups excluding carboxylic acids is 2. The van der Waals surface area contributed by atoms with E-state index in [0.717, 1.165) is 0 Å². The lowest BCUT2D eigenvalue weighted by atomic mass is 10.2. The molecule has 0 bridgehead atoms. The van der Waals surface area contributed by atoms with Gasteiger partial charge in [0.25, 0.3) is 0 Å². The number of azide groups is 2. The second kappa shape index (κ2) is 12.2. The van der Waals surface area contributed by atoms with Gasteiger partial charge in [-0.2, -0.15) is 0 Å². The second-order valence-electron chi connectivity index (χ2n) is 6.90. The van der Waals surface area contributed by atoms with Crippen LogP contribution in [-0.4, -0.2) is 54.9 Å². The van der Waals surface area contributed by atoms with Gasteiger partial charge in [-0.25, -0.2) is 9.36 Å². The number of carbonyl (C=O) groups is 2. The van der Waals surface area contributed by atoms with Crippen LogP contribution in [0.4, 0.5) is 11.4 Å². The van der Waals surface area contributed by atoms with E-state index in [0.29, 0.717) is 35.6 Å². The van der Waals surface area contributed by atoms with Crippen LogP contribution in [0.5, 0.6) is 0 Å². The molecule has 0 aliphatic heterocycles. The van der Waals surface area contributed by atoms with Crippen LogP contribution in [-0.2, 0) is 35.5 Å². The third-order valence-electron chi connectivity index (χ3n) is 4.30. The van der Waals surface area contributed by atoms with Crippen molar-refractivity contribution in [2.24, 2.45) is 10.2 Å². The predicted octanol–water partition coefficient (Wildman–Crippen LogP) is 1.85. The van der Waals surface area contributed by atoms with Crippen LogP contribution in [0.2, 0.25) is 0 Å². The van der Waals surface area contributed by atoms with Gasteiger partial charge in [-0.3, -0.25) is 9.59 Å². The van der Waals surface area contributed by atoms with E-state index >= 15 is 0 Å². The molecule has 2 heterocycles. The lowest BCUT2D eigenvalue weighted by molar-refractivity contribution is -0.117. The maximum atomic E-state index is 12.2. The molecule has 3 rings (SSSR count). The van der Waals surface area contributed by atoms with E-state index in [9.17, 15) is 9.59 Å². The van der Waals surface area contributed by atoms with Crippen LogP contribution in [0, 0.1) is 0 Å². The molecule has 0 radical (unpaired) electrons. The van der Waals surface area contributed by atoms with Gasteiger partial charge in [0.15, 0.2) is 0 Å². The summed E-state index contributed by atoms with van der Waals surface area (Å²) >= 11 is 0. The molecule has 16 heteroatoms. The number of nitrogens with zero attached hydrogens (tertiary/aromatic N) is 12. The fraction of sp³-hybridized carbons (Fsp3) is 0.333. The van der Waals surface area contributed by atoms with Gasteiger partial charge in [-0.1, -0.05) is 20.7 Å². The Labute approximate surface area is 192 Å². The topological polar surface area (TPSA) is 217 Å². The summed E-state index contributed by atoms with van der Waals surface area (Å²) in [5, 5.41) is 27.9. The van der Waals surface area contributed by atoms with Gasteiger partial charge >= 0.3 is 0 Å². The van der Waals surface area contributed by atoms with E-state index in [1.165, 1.54) is 9.36 Å². The van der Waals surface area contributed by atoms with Crippen molar-refractivity contribution >= 4 is 23.2 Å². The van der Waals surface area contributed by atoms with Crippen LogP contribution in [0.3, 0.4) is 0 Å². The summed E-state index contributed by atoms with van der Waals surface area (Å²) in [6.07, 6.45) is 4.11. The van der Waals surface area contributed by atoms with E-state index in [2.05, 4.69) is 51.3 Å². The minimum atomic E-state index is -0.300. The second-order valence-corrected chi connectivity index (χ2v) is 6.90. The summed E-state index contributed by atoms with van der Waals surface area (Å²) < 4.78 is 2.78. The predicted molar refractivity (Wildman–Crippen MR) is 119 cm³/mol. The highest BCUT2D eigenvalue weighted by Gasteiger charge is 2.09. The van der Waals surface area contributed by atoms with Gasteiger partial charge in [-0.05, 0) is 48.2 Å². The molecular formula is C18H20N14O2. The number of rotatable bonds is 12. The number of aromatic nitrogens is 6. The Morgan fingerprint density at radius 2 is 1.21 bits per heavy atom. The molecule has 174 valence electrons. The van der Waals surface area contributed by atoms with Crippen molar-refractivity contribution in [3.63, 3.8) is 0 Å². The normalized spacial score (nSPS) is 10.1. The van der Waals surface area contributed by atoms with Gasteiger partial charge in [-0.15, -0.1) is 10.2 Å². The first kappa shape index (κ1) is 23.7. The zero-order chi connectivity index (χ0) is 24.2. The summed E-state index contributed by atoms with van der Waals surface area (Å²) in [4.78, 5) is 29.8. The molecule has 1 aromatic carbocycles. The zero-order valence-corrected chi connectivity index (χ0v) is 17.9. The standard InChI is InChI=1S/C18H20N14O2/c19-27-21-7-5-15-9-31(29-25-15)11-17(33)23-13-1-2-14(4-3-13)24-18(34)12-32-10-16(26-30-32)6-8-22-28-20/h1-4,9-10H,5-8,11-12H2,(H,23,33)(H,24,34). The molecular weight excluding hydrogens is 444 g/mol. The van der Waals surface area contributed by atoms with Gasteiger partial charge in [0.1, 0.15) is 13.1 Å². The van der Waals surface area contributed by atoms with Gasteiger partial charge in [0.05, 0.1) is 11.4 Å². The summed E-state index contributed by atoms with van der Waals surface area (Å²) in [7, 11) is 0. The number of benzene rings is 1. The molecule has 0 unspecified atom stereocenters. The molecule has 2 amide bonds. The molecule has 0 saturated heterocycles. The highest BCUT2D eigenvalue weighted by molar-refractivity contribution is 5.92. The third kappa shape index (κ3) is 7.64. The fourth-order valence-corrected chi connectivity index (χ4v) is 2.81. The molecule has 0 aliphatic carbocycles. The van der Waals surface area contributed by atoms with E-state index in [1.807, 2.05) is 0 Å². The van der Waals surface area contributed by atoms with Crippen LogP contribution in [0.25, 0.3) is 20.9 Å². The monoisotopic (exact) mass is 464 g/mol. The summed E-state index contributed by atoms with van der Waals surface area (Å²) in [6, 6.07) is 6.62. The molecule has 2 aromatic heterocycles. The smallest absolute Gasteiger partial charge is 0.246 e. The molecule has 0 spiro atoms. The molecule has 34 heavy (non-hydrogen) atoms. The van der Waals surface area contributed by atoms with Crippen molar-refractivity contribution in [3.05, 3.63) is 68.9 Å². The largest absolute Gasteiger partial charge is 0.324 e.